The number of fused-ring (bicyclic) bond motifs is 4. The highest BCUT2D eigenvalue weighted by atomic mass is 15.3. The van der Waals surface area contributed by atoms with Crippen molar-refractivity contribution in [3.63, 3.8) is 0 Å². The molecule has 0 heterocycles. The Hall–Kier alpha value is 0. The van der Waals surface area contributed by atoms with Crippen molar-refractivity contribution in [2.45, 2.75) is 51.4 Å². The molecule has 20 heavy (non-hydrogen) atoms. The van der Waals surface area contributed by atoms with E-state index in [0.29, 0.717) is 0 Å². The van der Waals surface area contributed by atoms with Gasteiger partial charge in [0.1, 0.15) is 0 Å². The molecular weight excluding hydrogens is 240 g/mol. The molecule has 0 nitrogen and oxygen atoms in total. The summed E-state index contributed by atoms with van der Waals surface area (Å²) in [7, 11) is 0. The number of hydrogen-bond acceptors (Lipinski definition) is 0. The molecule has 0 aliphatic heterocycles. The molecule has 0 saturated heterocycles. The van der Waals surface area contributed by atoms with Crippen LogP contribution in [-0.2, 0) is 0 Å². The van der Waals surface area contributed by atoms with Gasteiger partial charge in [-0.1, -0.05) is 25.7 Å². The summed E-state index contributed by atoms with van der Waals surface area (Å²) in [5.41, 5.74) is 4.37. The molecular formula is C20H24. The van der Waals surface area contributed by atoms with Gasteiger partial charge in [0.2, 0.25) is 0 Å². The Kier molecular flexibility index (Phi) is 0.904. The Morgan fingerprint density at radius 1 is 0.350 bits per heavy atom. The predicted octanol–water partition coefficient (Wildman–Crippen LogP) is 4.10. The van der Waals surface area contributed by atoms with Gasteiger partial charge in [-0.25, -0.2) is 0 Å². The minimum absolute atomic E-state index is 1.09. The normalized spacial score (nSPS) is 91.2. The van der Waals surface area contributed by atoms with Crippen LogP contribution in [0.5, 0.6) is 0 Å². The van der Waals surface area contributed by atoms with Crippen LogP contribution in [0.3, 0.4) is 0 Å². The molecule has 0 aromatic heterocycles. The molecule has 0 aromatic carbocycles. The van der Waals surface area contributed by atoms with Crippen LogP contribution in [0.1, 0.15) is 51.4 Å². The van der Waals surface area contributed by atoms with Gasteiger partial charge >= 0.3 is 0 Å². The summed E-state index contributed by atoms with van der Waals surface area (Å²) in [5.74, 6) is 10.5. The minimum atomic E-state index is 1.09. The van der Waals surface area contributed by atoms with Gasteiger partial charge < -0.3 is 0 Å². The predicted molar refractivity (Wildman–Crippen MR) is 74.6 cm³/mol. The second-order valence-electron chi connectivity index (χ2n) is 10.7. The van der Waals surface area contributed by atoms with E-state index in [1.807, 2.05) is 0 Å². The van der Waals surface area contributed by atoms with Gasteiger partial charge in [-0.2, -0.15) is 0 Å². The fourth-order valence-corrected chi connectivity index (χ4v) is 13.0. The minimum Gasteiger partial charge on any atom is -0.0533 e. The van der Waals surface area contributed by atoms with Crippen LogP contribution < -0.4 is 0 Å². The average molecular weight is 264 g/mol. The van der Waals surface area contributed by atoms with E-state index < -0.39 is 0 Å². The highest BCUT2D eigenvalue weighted by Crippen LogP contribution is 3.26. The third-order valence-electron chi connectivity index (χ3n) is 12.4. The SMILES string of the molecule is C1C2C3CC4C5CC6C7CC8C1C21C34C56C871.C1CCC1. The first-order chi connectivity index (χ1) is 9.91. The zero-order valence-corrected chi connectivity index (χ0v) is 12.3. The van der Waals surface area contributed by atoms with E-state index in [1.54, 1.807) is 25.7 Å². The van der Waals surface area contributed by atoms with Gasteiger partial charge in [0.15, 0.2) is 0 Å². The van der Waals surface area contributed by atoms with E-state index in [4.69, 9.17) is 0 Å². The van der Waals surface area contributed by atoms with Gasteiger partial charge in [-0.05, 0) is 94.7 Å². The molecule has 4 spiro atoms. The third kappa shape index (κ3) is 0.361. The van der Waals surface area contributed by atoms with Crippen LogP contribution in [0.15, 0.2) is 0 Å². The lowest BCUT2D eigenvalue weighted by molar-refractivity contribution is -0.796. The van der Waals surface area contributed by atoms with Crippen LogP contribution in [0.2, 0.25) is 0 Å². The maximum atomic E-state index is 1.71. The summed E-state index contributed by atoms with van der Waals surface area (Å²) in [5, 5.41) is 0. The van der Waals surface area contributed by atoms with Gasteiger partial charge in [0, 0.05) is 0 Å². The maximum Gasteiger partial charge on any atom is -0.00995 e. The molecule has 10 rings (SSSR count). The lowest BCUT2D eigenvalue weighted by Gasteiger charge is -3.25. The second kappa shape index (κ2) is 1.96. The zero-order chi connectivity index (χ0) is 12.3. The molecule has 10 saturated carbocycles. The van der Waals surface area contributed by atoms with E-state index in [0.717, 1.165) is 21.7 Å². The first-order valence-corrected chi connectivity index (χ1v) is 9.91. The number of rotatable bonds is 0. The van der Waals surface area contributed by atoms with Crippen molar-refractivity contribution in [3.8, 4) is 0 Å². The van der Waals surface area contributed by atoms with Crippen LogP contribution in [0.4, 0.5) is 0 Å². The molecule has 10 aliphatic carbocycles. The smallest absolute Gasteiger partial charge is 0.00995 e. The Bertz CT molecular complexity index is 482. The topological polar surface area (TPSA) is 0 Å². The van der Waals surface area contributed by atoms with Crippen molar-refractivity contribution in [3.05, 3.63) is 0 Å². The Balaban J connectivity index is 0.000000175. The van der Waals surface area contributed by atoms with Gasteiger partial charge in [0.05, 0.1) is 0 Å². The van der Waals surface area contributed by atoms with Crippen molar-refractivity contribution in [1.82, 2.24) is 0 Å². The number of hydrogen-bond donors (Lipinski definition) is 0. The molecule has 10 fully saturated rings. The monoisotopic (exact) mass is 264 g/mol. The average Bonchev–Trinajstić information content (AvgIpc) is 2.19. The summed E-state index contributed by atoms with van der Waals surface area (Å²) in [6.07, 6.45) is 12.8. The molecule has 8 unspecified atom stereocenters. The van der Waals surface area contributed by atoms with Crippen molar-refractivity contribution in [2.24, 2.45) is 69.0 Å². The third-order valence-corrected chi connectivity index (χ3v) is 12.4. The molecule has 0 heteroatoms. The highest BCUT2D eigenvalue weighted by Gasteiger charge is 3.23. The van der Waals surface area contributed by atoms with Crippen LogP contribution >= 0.6 is 0 Å². The fourth-order valence-electron chi connectivity index (χ4n) is 13.0. The Morgan fingerprint density at radius 2 is 0.550 bits per heavy atom. The lowest BCUT2D eigenvalue weighted by Crippen LogP contribution is -3.22. The summed E-state index contributed by atoms with van der Waals surface area (Å²) in [6, 6.07) is 0. The second-order valence-corrected chi connectivity index (χ2v) is 10.7. The van der Waals surface area contributed by atoms with Gasteiger partial charge in [-0.3, -0.25) is 0 Å². The zero-order valence-electron chi connectivity index (χ0n) is 12.3. The van der Waals surface area contributed by atoms with Crippen molar-refractivity contribution in [2.75, 3.05) is 0 Å². The molecule has 0 radical (unpaired) electrons. The Labute approximate surface area is 121 Å². The Morgan fingerprint density at radius 3 is 0.700 bits per heavy atom. The van der Waals surface area contributed by atoms with Gasteiger partial charge in [0.25, 0.3) is 0 Å². The molecule has 0 N–H and O–H groups in total. The highest BCUT2D eigenvalue weighted by molar-refractivity contribution is 5.68. The quantitative estimate of drug-likeness (QED) is 0.618. The van der Waals surface area contributed by atoms with E-state index in [-0.39, 0.29) is 0 Å². The maximum absolute atomic E-state index is 1.71. The summed E-state index contributed by atoms with van der Waals surface area (Å²) >= 11 is 0. The molecule has 104 valence electrons. The fraction of sp³-hybridized carbons (Fsp3) is 1.00. The summed E-state index contributed by atoms with van der Waals surface area (Å²) < 4.78 is 0. The van der Waals surface area contributed by atoms with Gasteiger partial charge in [-0.15, -0.1) is 0 Å². The standard InChI is InChI=1S/C16H16.C4H8/c1-5-7-2-9-11-4-12-10-3-8-6(1)13(5)14(7,9)16(11,12)15(8,10)13;1-2-4-3-1/h5-12H,1-4H2;1-4H2. The molecule has 0 amide bonds. The van der Waals surface area contributed by atoms with E-state index >= 15 is 0 Å². The molecule has 0 bridgehead atoms. The van der Waals surface area contributed by atoms with Crippen LogP contribution in [-0.4, -0.2) is 0 Å². The summed E-state index contributed by atoms with van der Waals surface area (Å²) in [6.45, 7) is 0. The summed E-state index contributed by atoms with van der Waals surface area (Å²) in [4.78, 5) is 0. The van der Waals surface area contributed by atoms with Crippen LogP contribution in [0.25, 0.3) is 0 Å². The molecule has 8 atom stereocenters. The molecule has 0 aromatic rings. The van der Waals surface area contributed by atoms with Crippen molar-refractivity contribution < 1.29 is 0 Å². The lowest BCUT2D eigenvalue weighted by atomic mass is 8.78. The first kappa shape index (κ1) is 9.21. The van der Waals surface area contributed by atoms with E-state index in [1.165, 1.54) is 73.0 Å². The largest absolute Gasteiger partial charge is 0.0533 e. The van der Waals surface area contributed by atoms with Crippen LogP contribution in [0, 0.1) is 69.0 Å². The van der Waals surface area contributed by atoms with E-state index in [9.17, 15) is 0 Å². The molecule has 10 aliphatic rings. The van der Waals surface area contributed by atoms with E-state index in [2.05, 4.69) is 0 Å². The van der Waals surface area contributed by atoms with Crippen molar-refractivity contribution >= 4 is 0 Å². The first-order valence-electron chi connectivity index (χ1n) is 9.91. The van der Waals surface area contributed by atoms with Crippen molar-refractivity contribution in [1.29, 1.82) is 0 Å².